The summed E-state index contributed by atoms with van der Waals surface area (Å²) in [5.74, 6) is -0.149. The van der Waals surface area contributed by atoms with Crippen molar-refractivity contribution in [2.24, 2.45) is 0 Å². The van der Waals surface area contributed by atoms with Gasteiger partial charge in [-0.15, -0.1) is 0 Å². The SMILES string of the molecule is Cc1ccc(C(=O)NCc2ccccc2)c(Cl)c1. The highest BCUT2D eigenvalue weighted by Gasteiger charge is 2.09. The maximum Gasteiger partial charge on any atom is 0.253 e. The molecule has 0 atom stereocenters. The smallest absolute Gasteiger partial charge is 0.253 e. The molecule has 0 unspecified atom stereocenters. The highest BCUT2D eigenvalue weighted by atomic mass is 35.5. The summed E-state index contributed by atoms with van der Waals surface area (Å²) >= 11 is 6.05. The van der Waals surface area contributed by atoms with E-state index < -0.39 is 0 Å². The highest BCUT2D eigenvalue weighted by Crippen LogP contribution is 2.17. The average molecular weight is 260 g/mol. The number of nitrogens with one attached hydrogen (secondary N) is 1. The van der Waals surface area contributed by atoms with E-state index in [1.165, 1.54) is 0 Å². The van der Waals surface area contributed by atoms with E-state index in [4.69, 9.17) is 11.6 Å². The van der Waals surface area contributed by atoms with E-state index in [-0.39, 0.29) is 5.91 Å². The maximum atomic E-state index is 12.0. The van der Waals surface area contributed by atoms with Gasteiger partial charge < -0.3 is 5.32 Å². The van der Waals surface area contributed by atoms with Crippen molar-refractivity contribution in [3.8, 4) is 0 Å². The van der Waals surface area contributed by atoms with Crippen LogP contribution in [0.2, 0.25) is 5.02 Å². The molecule has 0 aliphatic heterocycles. The first kappa shape index (κ1) is 12.7. The molecule has 0 saturated carbocycles. The van der Waals surface area contributed by atoms with E-state index >= 15 is 0 Å². The lowest BCUT2D eigenvalue weighted by molar-refractivity contribution is 0.0951. The van der Waals surface area contributed by atoms with Crippen molar-refractivity contribution in [1.29, 1.82) is 0 Å². The fourth-order valence-corrected chi connectivity index (χ4v) is 2.00. The number of halogens is 1. The van der Waals surface area contributed by atoms with Gasteiger partial charge in [-0.25, -0.2) is 0 Å². The normalized spacial score (nSPS) is 10.1. The molecule has 1 amide bonds. The van der Waals surface area contributed by atoms with Crippen molar-refractivity contribution in [2.75, 3.05) is 0 Å². The molecule has 0 fully saturated rings. The topological polar surface area (TPSA) is 29.1 Å². The molecular weight excluding hydrogens is 246 g/mol. The Labute approximate surface area is 112 Å². The Kier molecular flexibility index (Phi) is 4.00. The molecule has 3 heteroatoms. The van der Waals surface area contributed by atoms with E-state index in [0.717, 1.165) is 11.1 Å². The molecule has 0 aliphatic rings. The average Bonchev–Trinajstić information content (AvgIpc) is 2.37. The monoisotopic (exact) mass is 259 g/mol. The number of amides is 1. The van der Waals surface area contributed by atoms with Gasteiger partial charge in [0.05, 0.1) is 10.6 Å². The first-order valence-electron chi connectivity index (χ1n) is 5.75. The van der Waals surface area contributed by atoms with Crippen molar-refractivity contribution in [2.45, 2.75) is 13.5 Å². The number of hydrogen-bond donors (Lipinski definition) is 1. The zero-order chi connectivity index (χ0) is 13.0. The van der Waals surface area contributed by atoms with Crippen molar-refractivity contribution in [3.63, 3.8) is 0 Å². The molecule has 0 radical (unpaired) electrons. The predicted octanol–water partition coefficient (Wildman–Crippen LogP) is 3.58. The largest absolute Gasteiger partial charge is 0.348 e. The molecule has 0 saturated heterocycles. The summed E-state index contributed by atoms with van der Waals surface area (Å²) in [4.78, 5) is 12.0. The summed E-state index contributed by atoms with van der Waals surface area (Å²) < 4.78 is 0. The molecule has 0 heterocycles. The van der Waals surface area contributed by atoms with Crippen LogP contribution in [0.25, 0.3) is 0 Å². The molecule has 2 aromatic rings. The van der Waals surface area contributed by atoms with Gasteiger partial charge in [0.15, 0.2) is 0 Å². The van der Waals surface area contributed by atoms with Crippen LogP contribution in [0.5, 0.6) is 0 Å². The number of carbonyl (C=O) groups is 1. The molecule has 0 bridgehead atoms. The zero-order valence-corrected chi connectivity index (χ0v) is 10.9. The van der Waals surface area contributed by atoms with Crippen molar-refractivity contribution >= 4 is 17.5 Å². The number of carbonyl (C=O) groups excluding carboxylic acids is 1. The van der Waals surface area contributed by atoms with Gasteiger partial charge >= 0.3 is 0 Å². The molecule has 2 rings (SSSR count). The first-order valence-corrected chi connectivity index (χ1v) is 6.13. The first-order chi connectivity index (χ1) is 8.66. The summed E-state index contributed by atoms with van der Waals surface area (Å²) in [6.07, 6.45) is 0. The van der Waals surface area contributed by atoms with Crippen LogP contribution in [0.4, 0.5) is 0 Å². The fraction of sp³-hybridized carbons (Fsp3) is 0.133. The van der Waals surface area contributed by atoms with Crippen LogP contribution in [0, 0.1) is 6.92 Å². The quantitative estimate of drug-likeness (QED) is 0.897. The zero-order valence-electron chi connectivity index (χ0n) is 10.1. The Balaban J connectivity index is 2.04. The number of aryl methyl sites for hydroxylation is 1. The highest BCUT2D eigenvalue weighted by molar-refractivity contribution is 6.33. The van der Waals surface area contributed by atoms with E-state index in [0.29, 0.717) is 17.1 Å². The molecule has 2 nitrogen and oxygen atoms in total. The molecule has 0 aliphatic carbocycles. The number of hydrogen-bond acceptors (Lipinski definition) is 1. The molecule has 2 aromatic carbocycles. The van der Waals surface area contributed by atoms with Crippen LogP contribution in [0.1, 0.15) is 21.5 Å². The minimum absolute atomic E-state index is 0.149. The Bertz CT molecular complexity index is 552. The Morgan fingerprint density at radius 3 is 2.56 bits per heavy atom. The second-order valence-corrected chi connectivity index (χ2v) is 4.56. The summed E-state index contributed by atoms with van der Waals surface area (Å²) in [5, 5.41) is 3.34. The van der Waals surface area contributed by atoms with Crippen molar-refractivity contribution in [3.05, 3.63) is 70.2 Å². The van der Waals surface area contributed by atoms with Crippen LogP contribution >= 0.6 is 11.6 Å². The Hall–Kier alpha value is -1.80. The third-order valence-electron chi connectivity index (χ3n) is 2.67. The molecule has 92 valence electrons. The Morgan fingerprint density at radius 1 is 1.17 bits per heavy atom. The van der Waals surface area contributed by atoms with Gasteiger partial charge in [0, 0.05) is 6.54 Å². The summed E-state index contributed by atoms with van der Waals surface area (Å²) in [6.45, 7) is 2.45. The predicted molar refractivity (Wildman–Crippen MR) is 73.8 cm³/mol. The fourth-order valence-electron chi connectivity index (χ4n) is 1.68. The summed E-state index contributed by atoms with van der Waals surface area (Å²) in [7, 11) is 0. The van der Waals surface area contributed by atoms with Gasteiger partial charge in [0.25, 0.3) is 5.91 Å². The minimum atomic E-state index is -0.149. The van der Waals surface area contributed by atoms with Gasteiger partial charge in [-0.1, -0.05) is 48.0 Å². The number of rotatable bonds is 3. The minimum Gasteiger partial charge on any atom is -0.348 e. The third-order valence-corrected chi connectivity index (χ3v) is 2.98. The van der Waals surface area contributed by atoms with Crippen molar-refractivity contribution in [1.82, 2.24) is 5.32 Å². The van der Waals surface area contributed by atoms with E-state index in [2.05, 4.69) is 5.32 Å². The van der Waals surface area contributed by atoms with Crippen LogP contribution in [-0.4, -0.2) is 5.91 Å². The van der Waals surface area contributed by atoms with E-state index in [9.17, 15) is 4.79 Å². The maximum absolute atomic E-state index is 12.0. The van der Waals surface area contributed by atoms with E-state index in [1.54, 1.807) is 12.1 Å². The molecule has 0 spiro atoms. The molecule has 18 heavy (non-hydrogen) atoms. The van der Waals surface area contributed by atoms with Gasteiger partial charge in [-0.05, 0) is 30.2 Å². The van der Waals surface area contributed by atoms with Gasteiger partial charge in [-0.3, -0.25) is 4.79 Å². The van der Waals surface area contributed by atoms with E-state index in [1.807, 2.05) is 43.3 Å². The molecule has 1 N–H and O–H groups in total. The second kappa shape index (κ2) is 5.69. The van der Waals surface area contributed by atoms with Crippen LogP contribution < -0.4 is 5.32 Å². The molecule has 0 aromatic heterocycles. The lowest BCUT2D eigenvalue weighted by atomic mass is 10.1. The summed E-state index contributed by atoms with van der Waals surface area (Å²) in [6, 6.07) is 15.2. The van der Waals surface area contributed by atoms with Gasteiger partial charge in [0.2, 0.25) is 0 Å². The summed E-state index contributed by atoms with van der Waals surface area (Å²) in [5.41, 5.74) is 2.62. The molecular formula is C15H14ClNO. The Morgan fingerprint density at radius 2 is 1.89 bits per heavy atom. The standard InChI is InChI=1S/C15H14ClNO/c1-11-7-8-13(14(16)9-11)15(18)17-10-12-5-3-2-4-6-12/h2-9H,10H2,1H3,(H,17,18). The third kappa shape index (κ3) is 3.11. The van der Waals surface area contributed by atoms with Crippen LogP contribution in [-0.2, 0) is 6.54 Å². The van der Waals surface area contributed by atoms with Crippen LogP contribution in [0.3, 0.4) is 0 Å². The van der Waals surface area contributed by atoms with Crippen LogP contribution in [0.15, 0.2) is 48.5 Å². The van der Waals surface area contributed by atoms with Gasteiger partial charge in [-0.2, -0.15) is 0 Å². The van der Waals surface area contributed by atoms with Crippen molar-refractivity contribution < 1.29 is 4.79 Å². The van der Waals surface area contributed by atoms with Gasteiger partial charge in [0.1, 0.15) is 0 Å². The number of benzene rings is 2. The lowest BCUT2D eigenvalue weighted by Crippen LogP contribution is -2.23. The lowest BCUT2D eigenvalue weighted by Gasteiger charge is -2.07. The second-order valence-electron chi connectivity index (χ2n) is 4.15.